The van der Waals surface area contributed by atoms with E-state index >= 15 is 0 Å². The second-order valence-corrected chi connectivity index (χ2v) is 20.6. The molecule has 0 amide bonds. The molecule has 0 bridgehead atoms. The van der Waals surface area contributed by atoms with Crippen LogP contribution in [0.1, 0.15) is 265 Å². The lowest BCUT2D eigenvalue weighted by Crippen LogP contribution is -2.30. The van der Waals surface area contributed by atoms with Gasteiger partial charge in [-0.3, -0.25) is 14.4 Å². The van der Waals surface area contributed by atoms with Crippen LogP contribution in [0.2, 0.25) is 0 Å². The van der Waals surface area contributed by atoms with E-state index in [0.29, 0.717) is 19.3 Å². The van der Waals surface area contributed by atoms with Gasteiger partial charge in [0.15, 0.2) is 6.10 Å². The third kappa shape index (κ3) is 63.7. The normalized spacial score (nSPS) is 13.2. The molecule has 0 aromatic heterocycles. The van der Waals surface area contributed by atoms with Gasteiger partial charge in [-0.15, -0.1) is 0 Å². The summed E-state index contributed by atoms with van der Waals surface area (Å²) in [5, 5.41) is 0. The Hall–Kier alpha value is -4.97. The van der Waals surface area contributed by atoms with Crippen molar-refractivity contribution in [1.82, 2.24) is 0 Å². The molecule has 0 heterocycles. The molecule has 0 aromatic carbocycles. The minimum absolute atomic E-state index is 0.101. The summed E-state index contributed by atoms with van der Waals surface area (Å²) in [7, 11) is 0. The maximum absolute atomic E-state index is 12.8. The molecule has 0 saturated heterocycles. The molecule has 1 atom stereocenters. The highest BCUT2D eigenvalue weighted by molar-refractivity contribution is 5.71. The average Bonchev–Trinajstić information content (AvgIpc) is 3.45. The van der Waals surface area contributed by atoms with Crippen molar-refractivity contribution in [3.63, 3.8) is 0 Å². The van der Waals surface area contributed by atoms with Gasteiger partial charge in [0.2, 0.25) is 0 Å². The van der Waals surface area contributed by atoms with Crippen LogP contribution in [0.3, 0.4) is 0 Å². The number of hydrogen-bond acceptors (Lipinski definition) is 6. The Labute approximate surface area is 486 Å². The van der Waals surface area contributed by atoms with Crippen molar-refractivity contribution in [3.05, 3.63) is 158 Å². The predicted octanol–water partition coefficient (Wildman–Crippen LogP) is 22.1. The molecule has 0 spiro atoms. The Morgan fingerprint density at radius 3 is 0.797 bits per heavy atom. The van der Waals surface area contributed by atoms with Gasteiger partial charge in [-0.1, -0.05) is 275 Å². The number of esters is 3. The van der Waals surface area contributed by atoms with E-state index in [1.165, 1.54) is 77.0 Å². The van der Waals surface area contributed by atoms with Crippen LogP contribution in [0.25, 0.3) is 0 Å². The van der Waals surface area contributed by atoms with Crippen LogP contribution in [0.4, 0.5) is 0 Å². The largest absolute Gasteiger partial charge is 0.462 e. The average molecular weight is 1090 g/mol. The molecule has 0 saturated carbocycles. The van der Waals surface area contributed by atoms with Gasteiger partial charge in [0.1, 0.15) is 13.2 Å². The lowest BCUT2D eigenvalue weighted by Gasteiger charge is -2.18. The van der Waals surface area contributed by atoms with E-state index in [-0.39, 0.29) is 37.5 Å². The summed E-state index contributed by atoms with van der Waals surface area (Å²) in [6.07, 6.45) is 95.5. The Balaban J connectivity index is 4.28. The van der Waals surface area contributed by atoms with Gasteiger partial charge in [-0.2, -0.15) is 0 Å². The second kappa shape index (κ2) is 65.5. The van der Waals surface area contributed by atoms with Crippen LogP contribution < -0.4 is 0 Å². The minimum Gasteiger partial charge on any atom is -0.462 e. The molecule has 0 aliphatic rings. The van der Waals surface area contributed by atoms with Gasteiger partial charge in [-0.25, -0.2) is 0 Å². The number of ether oxygens (including phenoxy) is 3. The first-order valence-corrected chi connectivity index (χ1v) is 32.0. The first kappa shape index (κ1) is 74.0. The highest BCUT2D eigenvalue weighted by atomic mass is 16.6. The molecule has 0 aliphatic heterocycles. The third-order valence-corrected chi connectivity index (χ3v) is 13.0. The van der Waals surface area contributed by atoms with Gasteiger partial charge in [0, 0.05) is 19.3 Å². The second-order valence-electron chi connectivity index (χ2n) is 20.6. The Bertz CT molecular complexity index is 1780. The number of hydrogen-bond donors (Lipinski definition) is 0. The van der Waals surface area contributed by atoms with Crippen molar-refractivity contribution in [2.24, 2.45) is 0 Å². The standard InChI is InChI=1S/C73H116O6/c1-4-7-10-13-16-19-22-24-26-27-28-29-30-31-32-33-34-35-36-37-38-39-40-41-42-43-44-45-47-48-51-54-57-60-63-66-72(75)78-69-70(68-77-71(74)65-62-59-56-53-50-21-18-15-12-9-6-3)79-73(76)67-64-61-58-55-52-49-46-25-23-20-17-14-11-8-5-2/h7-8,10-11,16-17,19-20,24-26,28-29,31-32,34-35,37-38,40-41,43-44,46,52,55,70H,4-6,9,12-15,18,21-23,27,30,33,36,39,42,45,47-51,53-54,56-69H2,1-3H3/b10-7-,11-8-,19-16-,20-17-,26-24-,29-28-,32-31-,35-34-,38-37-,41-40-,44-43-,46-25-,55-52-. The molecule has 0 N–H and O–H groups in total. The van der Waals surface area contributed by atoms with Crippen LogP contribution in [0.5, 0.6) is 0 Å². The Morgan fingerprint density at radius 1 is 0.266 bits per heavy atom. The molecule has 444 valence electrons. The van der Waals surface area contributed by atoms with Gasteiger partial charge < -0.3 is 14.2 Å². The third-order valence-electron chi connectivity index (χ3n) is 13.0. The van der Waals surface area contributed by atoms with Gasteiger partial charge in [-0.05, 0) is 128 Å². The highest BCUT2D eigenvalue weighted by Gasteiger charge is 2.19. The molecular weight excluding hydrogens is 973 g/mol. The van der Waals surface area contributed by atoms with Crippen molar-refractivity contribution in [1.29, 1.82) is 0 Å². The summed E-state index contributed by atoms with van der Waals surface area (Å²) < 4.78 is 16.8. The summed E-state index contributed by atoms with van der Waals surface area (Å²) in [6.45, 7) is 6.35. The summed E-state index contributed by atoms with van der Waals surface area (Å²) in [6, 6.07) is 0. The smallest absolute Gasteiger partial charge is 0.306 e. The van der Waals surface area contributed by atoms with Crippen molar-refractivity contribution in [2.45, 2.75) is 271 Å². The van der Waals surface area contributed by atoms with Crippen molar-refractivity contribution in [2.75, 3.05) is 13.2 Å². The molecule has 6 nitrogen and oxygen atoms in total. The fourth-order valence-electron chi connectivity index (χ4n) is 8.31. The zero-order valence-corrected chi connectivity index (χ0v) is 50.8. The molecule has 0 aliphatic carbocycles. The van der Waals surface area contributed by atoms with Crippen LogP contribution in [-0.4, -0.2) is 37.2 Å². The molecule has 0 radical (unpaired) electrons. The van der Waals surface area contributed by atoms with Crippen molar-refractivity contribution in [3.8, 4) is 0 Å². The van der Waals surface area contributed by atoms with Gasteiger partial charge in [0.25, 0.3) is 0 Å². The first-order valence-electron chi connectivity index (χ1n) is 32.0. The van der Waals surface area contributed by atoms with Crippen molar-refractivity contribution >= 4 is 17.9 Å². The van der Waals surface area contributed by atoms with Crippen LogP contribution in [0.15, 0.2) is 158 Å². The molecule has 0 fully saturated rings. The number of allylic oxidation sites excluding steroid dienone is 26. The Kier molecular flexibility index (Phi) is 61.4. The molecule has 0 aromatic rings. The molecule has 79 heavy (non-hydrogen) atoms. The predicted molar refractivity (Wildman–Crippen MR) is 343 cm³/mol. The van der Waals surface area contributed by atoms with E-state index < -0.39 is 6.10 Å². The van der Waals surface area contributed by atoms with Crippen LogP contribution >= 0.6 is 0 Å². The minimum atomic E-state index is -0.809. The number of rotatable bonds is 56. The van der Waals surface area contributed by atoms with Crippen LogP contribution in [0, 0.1) is 0 Å². The fourth-order valence-corrected chi connectivity index (χ4v) is 8.31. The molecule has 6 heteroatoms. The summed E-state index contributed by atoms with van der Waals surface area (Å²) in [5.74, 6) is -0.959. The van der Waals surface area contributed by atoms with E-state index in [9.17, 15) is 14.4 Å². The Morgan fingerprint density at radius 2 is 0.494 bits per heavy atom. The molecule has 0 rings (SSSR count). The lowest BCUT2D eigenvalue weighted by atomic mass is 10.1. The summed E-state index contributed by atoms with van der Waals surface area (Å²) >= 11 is 0. The monoisotopic (exact) mass is 1090 g/mol. The van der Waals surface area contributed by atoms with Gasteiger partial charge >= 0.3 is 17.9 Å². The zero-order chi connectivity index (χ0) is 57.1. The van der Waals surface area contributed by atoms with E-state index in [1.54, 1.807) is 0 Å². The van der Waals surface area contributed by atoms with E-state index in [2.05, 4.69) is 179 Å². The number of carbonyl (C=O) groups excluding carboxylic acids is 3. The van der Waals surface area contributed by atoms with Gasteiger partial charge in [0.05, 0.1) is 0 Å². The number of carbonyl (C=O) groups is 3. The SMILES string of the molecule is CC/C=C\C/C=C\C/C=C\C/C=C\C/C=C\C/C=C\C/C=C\C/C=C\C/C=C\CCCCCCCCCC(=O)OCC(COC(=O)CCCCCCCCCCCCC)OC(=O)CCCC/C=C\C/C=C\C/C=C\C/C=C\CC. The quantitative estimate of drug-likeness (QED) is 0.0261. The molecule has 1 unspecified atom stereocenters. The maximum Gasteiger partial charge on any atom is 0.306 e. The summed E-state index contributed by atoms with van der Waals surface area (Å²) in [5.41, 5.74) is 0. The first-order chi connectivity index (χ1) is 39.0. The topological polar surface area (TPSA) is 78.9 Å². The van der Waals surface area contributed by atoms with Crippen molar-refractivity contribution < 1.29 is 28.6 Å². The summed E-state index contributed by atoms with van der Waals surface area (Å²) in [4.78, 5) is 38.2. The van der Waals surface area contributed by atoms with E-state index in [4.69, 9.17) is 14.2 Å². The fraction of sp³-hybridized carbons (Fsp3) is 0.603. The van der Waals surface area contributed by atoms with Crippen LogP contribution in [-0.2, 0) is 28.6 Å². The van der Waals surface area contributed by atoms with E-state index in [1.807, 2.05) is 0 Å². The highest BCUT2D eigenvalue weighted by Crippen LogP contribution is 2.14. The van der Waals surface area contributed by atoms with E-state index in [0.717, 1.165) is 141 Å². The number of unbranched alkanes of at least 4 members (excludes halogenated alkanes) is 19. The maximum atomic E-state index is 12.8. The zero-order valence-electron chi connectivity index (χ0n) is 50.8. The lowest BCUT2D eigenvalue weighted by molar-refractivity contribution is -0.167. The molecular formula is C73H116O6.